The number of hydrogen-bond acceptors (Lipinski definition) is 2. The highest BCUT2D eigenvalue weighted by Gasteiger charge is 2.18. The number of aliphatic carboxylic acids is 1. The first-order chi connectivity index (χ1) is 8.02. The molecule has 2 N–H and O–H groups in total. The molecule has 1 aromatic rings. The minimum atomic E-state index is -0.889. The van der Waals surface area contributed by atoms with Crippen molar-refractivity contribution < 1.29 is 14.7 Å². The summed E-state index contributed by atoms with van der Waals surface area (Å²) in [7, 11) is 1.55. The summed E-state index contributed by atoms with van der Waals surface area (Å²) >= 11 is 0. The van der Waals surface area contributed by atoms with Crippen LogP contribution in [0.2, 0.25) is 0 Å². The van der Waals surface area contributed by atoms with Gasteiger partial charge in [-0.15, -0.1) is 0 Å². The van der Waals surface area contributed by atoms with Gasteiger partial charge in [-0.3, -0.25) is 9.59 Å². The predicted molar refractivity (Wildman–Crippen MR) is 64.9 cm³/mol. The summed E-state index contributed by atoms with van der Waals surface area (Å²) in [5.41, 5.74) is 2.00. The van der Waals surface area contributed by atoms with E-state index in [1.807, 2.05) is 31.2 Å². The van der Waals surface area contributed by atoms with Crippen molar-refractivity contribution in [3.05, 3.63) is 35.4 Å². The Hall–Kier alpha value is -1.84. The normalized spacial score (nSPS) is 11.9. The van der Waals surface area contributed by atoms with E-state index in [2.05, 4.69) is 5.32 Å². The molecule has 0 saturated carbocycles. The molecule has 0 aliphatic carbocycles. The van der Waals surface area contributed by atoms with Crippen LogP contribution in [0.5, 0.6) is 0 Å². The van der Waals surface area contributed by atoms with E-state index in [0.29, 0.717) is 0 Å². The Morgan fingerprint density at radius 1 is 1.24 bits per heavy atom. The Morgan fingerprint density at radius 3 is 2.29 bits per heavy atom. The van der Waals surface area contributed by atoms with Gasteiger partial charge in [0.05, 0.1) is 6.42 Å². The molecule has 1 unspecified atom stereocenters. The minimum absolute atomic E-state index is 0.0313. The van der Waals surface area contributed by atoms with Crippen LogP contribution in [0.25, 0.3) is 0 Å². The summed E-state index contributed by atoms with van der Waals surface area (Å²) in [5.74, 6) is -1.30. The van der Waals surface area contributed by atoms with Gasteiger partial charge in [0.1, 0.15) is 0 Å². The van der Waals surface area contributed by atoms with E-state index in [9.17, 15) is 9.59 Å². The third kappa shape index (κ3) is 4.26. The van der Waals surface area contributed by atoms with Crippen LogP contribution in [0, 0.1) is 6.92 Å². The number of carboxylic acid groups (broad SMARTS) is 1. The van der Waals surface area contributed by atoms with Crippen LogP contribution in [-0.4, -0.2) is 24.0 Å². The first kappa shape index (κ1) is 13.2. The van der Waals surface area contributed by atoms with Gasteiger partial charge >= 0.3 is 5.97 Å². The maximum absolute atomic E-state index is 11.3. The fourth-order valence-electron chi connectivity index (χ4n) is 1.68. The van der Waals surface area contributed by atoms with Gasteiger partial charge in [-0.25, -0.2) is 0 Å². The molecule has 0 spiro atoms. The van der Waals surface area contributed by atoms with Crippen molar-refractivity contribution >= 4 is 11.9 Å². The number of carbonyl (C=O) groups is 2. The lowest BCUT2D eigenvalue weighted by atomic mass is 9.91. The first-order valence-electron chi connectivity index (χ1n) is 5.52. The van der Waals surface area contributed by atoms with Crippen LogP contribution >= 0.6 is 0 Å². The molecule has 0 aliphatic rings. The van der Waals surface area contributed by atoms with Gasteiger partial charge in [0.25, 0.3) is 0 Å². The molecule has 0 fully saturated rings. The maximum Gasteiger partial charge on any atom is 0.303 e. The summed E-state index contributed by atoms with van der Waals surface area (Å²) in [5, 5.41) is 11.4. The second-order valence-corrected chi connectivity index (χ2v) is 4.08. The highest BCUT2D eigenvalue weighted by atomic mass is 16.4. The second-order valence-electron chi connectivity index (χ2n) is 4.08. The average Bonchev–Trinajstić information content (AvgIpc) is 2.28. The second kappa shape index (κ2) is 6.03. The number of amides is 1. The molecule has 1 aromatic carbocycles. The third-order valence-corrected chi connectivity index (χ3v) is 2.68. The molecule has 0 radical (unpaired) electrons. The summed E-state index contributed by atoms with van der Waals surface area (Å²) in [6.07, 6.45) is 0.169. The van der Waals surface area contributed by atoms with Gasteiger partial charge in [-0.1, -0.05) is 29.8 Å². The summed E-state index contributed by atoms with van der Waals surface area (Å²) < 4.78 is 0. The number of nitrogens with one attached hydrogen (secondary N) is 1. The average molecular weight is 235 g/mol. The molecule has 0 bridgehead atoms. The van der Waals surface area contributed by atoms with Crippen molar-refractivity contribution in [2.45, 2.75) is 25.7 Å². The van der Waals surface area contributed by atoms with Crippen LogP contribution < -0.4 is 5.32 Å². The molecule has 92 valence electrons. The highest BCUT2D eigenvalue weighted by Crippen LogP contribution is 2.23. The van der Waals surface area contributed by atoms with Gasteiger partial charge in [0.15, 0.2) is 0 Å². The summed E-state index contributed by atoms with van der Waals surface area (Å²) in [6.45, 7) is 1.97. The number of carboxylic acids is 1. The van der Waals surface area contributed by atoms with Gasteiger partial charge in [0, 0.05) is 19.4 Å². The van der Waals surface area contributed by atoms with E-state index < -0.39 is 5.97 Å². The number of hydrogen-bond donors (Lipinski definition) is 2. The number of carbonyl (C=O) groups excluding carboxylic acids is 1. The number of aryl methyl sites for hydroxylation is 1. The van der Waals surface area contributed by atoms with Crippen molar-refractivity contribution in [2.75, 3.05) is 7.05 Å². The Balaban J connectivity index is 2.85. The zero-order valence-electron chi connectivity index (χ0n) is 10.1. The van der Waals surface area contributed by atoms with E-state index in [1.54, 1.807) is 7.05 Å². The zero-order valence-corrected chi connectivity index (χ0v) is 10.1. The van der Waals surface area contributed by atoms with Gasteiger partial charge < -0.3 is 10.4 Å². The fourth-order valence-corrected chi connectivity index (χ4v) is 1.68. The van der Waals surface area contributed by atoms with Crippen molar-refractivity contribution in [1.29, 1.82) is 0 Å². The molecular weight excluding hydrogens is 218 g/mol. The Morgan fingerprint density at radius 2 is 1.82 bits per heavy atom. The Kier molecular flexibility index (Phi) is 4.69. The van der Waals surface area contributed by atoms with E-state index >= 15 is 0 Å². The van der Waals surface area contributed by atoms with Gasteiger partial charge in [0.2, 0.25) is 5.91 Å². The molecule has 1 rings (SSSR count). The molecule has 1 amide bonds. The van der Waals surface area contributed by atoms with Gasteiger partial charge in [-0.2, -0.15) is 0 Å². The molecule has 0 heterocycles. The monoisotopic (exact) mass is 235 g/mol. The number of rotatable bonds is 5. The quantitative estimate of drug-likeness (QED) is 0.816. The van der Waals surface area contributed by atoms with Crippen LogP contribution in [0.4, 0.5) is 0 Å². The zero-order chi connectivity index (χ0) is 12.8. The van der Waals surface area contributed by atoms with E-state index in [-0.39, 0.29) is 24.7 Å². The van der Waals surface area contributed by atoms with Crippen LogP contribution in [0.15, 0.2) is 24.3 Å². The topological polar surface area (TPSA) is 66.4 Å². The third-order valence-electron chi connectivity index (χ3n) is 2.68. The summed E-state index contributed by atoms with van der Waals surface area (Å²) in [6, 6.07) is 7.61. The molecule has 0 aliphatic heterocycles. The van der Waals surface area contributed by atoms with E-state index in [1.165, 1.54) is 0 Å². The Bertz CT molecular complexity index is 398. The lowest BCUT2D eigenvalue weighted by Crippen LogP contribution is -2.21. The fraction of sp³-hybridized carbons (Fsp3) is 0.385. The largest absolute Gasteiger partial charge is 0.481 e. The smallest absolute Gasteiger partial charge is 0.303 e. The number of benzene rings is 1. The van der Waals surface area contributed by atoms with Crippen molar-refractivity contribution in [2.24, 2.45) is 0 Å². The van der Waals surface area contributed by atoms with Crippen molar-refractivity contribution in [3.8, 4) is 0 Å². The molecule has 17 heavy (non-hydrogen) atoms. The molecule has 1 atom stereocenters. The van der Waals surface area contributed by atoms with E-state index in [4.69, 9.17) is 5.11 Å². The summed E-state index contributed by atoms with van der Waals surface area (Å²) in [4.78, 5) is 22.1. The lowest BCUT2D eigenvalue weighted by molar-refractivity contribution is -0.137. The first-order valence-corrected chi connectivity index (χ1v) is 5.52. The Labute approximate surface area is 101 Å². The molecular formula is C13H17NO3. The van der Waals surface area contributed by atoms with Crippen LogP contribution in [-0.2, 0) is 9.59 Å². The van der Waals surface area contributed by atoms with Gasteiger partial charge in [-0.05, 0) is 12.5 Å². The van der Waals surface area contributed by atoms with Crippen LogP contribution in [0.1, 0.15) is 29.9 Å². The predicted octanol–water partition coefficient (Wildman–Crippen LogP) is 1.69. The minimum Gasteiger partial charge on any atom is -0.481 e. The molecule has 0 saturated heterocycles. The van der Waals surface area contributed by atoms with Crippen LogP contribution in [0.3, 0.4) is 0 Å². The molecule has 0 aromatic heterocycles. The standard InChI is InChI=1S/C13H17NO3/c1-9-3-5-10(6-4-9)11(8-13(16)17)7-12(15)14-2/h3-6,11H,7-8H2,1-2H3,(H,14,15)(H,16,17). The highest BCUT2D eigenvalue weighted by molar-refractivity contribution is 5.78. The molecule has 4 heteroatoms. The maximum atomic E-state index is 11.3. The lowest BCUT2D eigenvalue weighted by Gasteiger charge is -2.14. The van der Waals surface area contributed by atoms with Crippen molar-refractivity contribution in [3.63, 3.8) is 0 Å². The van der Waals surface area contributed by atoms with Crippen molar-refractivity contribution in [1.82, 2.24) is 5.32 Å². The SMILES string of the molecule is CNC(=O)CC(CC(=O)O)c1ccc(C)cc1. The molecule has 4 nitrogen and oxygen atoms in total. The van der Waals surface area contributed by atoms with E-state index in [0.717, 1.165) is 11.1 Å².